The van der Waals surface area contributed by atoms with Crippen molar-refractivity contribution in [3.63, 3.8) is 0 Å². The predicted octanol–water partition coefficient (Wildman–Crippen LogP) is 1.30. The topological polar surface area (TPSA) is 12.8 Å². The molecule has 5 heteroatoms. The number of rotatable bonds is 1. The van der Waals surface area contributed by atoms with Crippen molar-refractivity contribution in [2.45, 2.75) is 0 Å². The minimum absolute atomic E-state index is 1.47. The normalized spacial score (nSPS) is 12.0. The van der Waals surface area contributed by atoms with Gasteiger partial charge in [-0.2, -0.15) is 0 Å². The van der Waals surface area contributed by atoms with E-state index in [9.17, 15) is 0 Å². The van der Waals surface area contributed by atoms with Crippen molar-refractivity contribution in [1.29, 1.82) is 0 Å². The van der Waals surface area contributed by atoms with Gasteiger partial charge in [0.25, 0.3) is 0 Å². The molecule has 1 N–H and O–H groups in total. The van der Waals surface area contributed by atoms with E-state index in [-0.39, 0.29) is 0 Å². The van der Waals surface area contributed by atoms with Gasteiger partial charge in [0, 0.05) is 0 Å². The van der Waals surface area contributed by atoms with Gasteiger partial charge in [-0.15, -0.1) is 0 Å². The summed E-state index contributed by atoms with van der Waals surface area (Å²) in [5.41, 5.74) is 0. The van der Waals surface area contributed by atoms with Crippen LogP contribution in [0.2, 0.25) is 0 Å². The Morgan fingerprint density at radius 2 is 1.50 bits per heavy atom. The fraction of sp³-hybridized carbons (Fsp3) is 1.00. The summed E-state index contributed by atoms with van der Waals surface area (Å²) in [7, 11) is 1.47. The molecule has 0 spiro atoms. The maximum absolute atomic E-state index is 5.14. The number of aliphatic hydroxyl groups is 1. The largest absolute Gasteiger partial charge is 0.645 e. The van der Waals surface area contributed by atoms with Gasteiger partial charge >= 0.3 is 4.59 Å². The molecular formula is CH4BCl3O. The van der Waals surface area contributed by atoms with Crippen LogP contribution in [0.3, 0.4) is 0 Å². The molecule has 0 aliphatic rings. The van der Waals surface area contributed by atoms with Gasteiger partial charge in [0.2, 0.25) is 0 Å². The third-order valence-electron chi connectivity index (χ3n) is 0.293. The number of halogens is 3. The molecule has 6 heavy (non-hydrogen) atoms. The molecule has 0 aromatic heterocycles. The molecule has 0 amide bonds. The van der Waals surface area contributed by atoms with Crippen molar-refractivity contribution in [3.05, 3.63) is 0 Å². The quantitative estimate of drug-likeness (QED) is 0.394. The van der Waals surface area contributed by atoms with Crippen molar-refractivity contribution < 1.29 is 4.65 Å². The van der Waals surface area contributed by atoms with Gasteiger partial charge in [-0.25, -0.2) is 34.4 Å². The SMILES string of the molecule is C[OH+][B-](Cl)(Cl)Cl. The zero-order valence-electron chi connectivity index (χ0n) is 3.16. The molecule has 0 aliphatic heterocycles. The first-order valence-corrected chi connectivity index (χ1v) is 2.67. The van der Waals surface area contributed by atoms with E-state index in [1.54, 1.807) is 0 Å². The van der Waals surface area contributed by atoms with Gasteiger partial charge < -0.3 is 4.65 Å². The standard InChI is InChI=1S/CH4BCl3O/c1-6-2(3,4)5/h6H,1H3. The summed E-state index contributed by atoms with van der Waals surface area (Å²) in [5, 5.41) is 0. The molecule has 1 nitrogen and oxygen atoms in total. The molecule has 0 atom stereocenters. The lowest BCUT2D eigenvalue weighted by molar-refractivity contribution is 0.228. The molecule has 0 saturated carbocycles. The predicted molar refractivity (Wildman–Crippen MR) is 31.5 cm³/mol. The fourth-order valence-corrected chi connectivity index (χ4v) is 0. The maximum atomic E-state index is 5.14. The van der Waals surface area contributed by atoms with E-state index in [2.05, 4.69) is 4.65 Å². The zero-order valence-corrected chi connectivity index (χ0v) is 5.43. The average molecular weight is 149 g/mol. The van der Waals surface area contributed by atoms with Crippen molar-refractivity contribution in [2.75, 3.05) is 7.11 Å². The van der Waals surface area contributed by atoms with Crippen molar-refractivity contribution in [1.82, 2.24) is 0 Å². The van der Waals surface area contributed by atoms with Crippen LogP contribution < -0.4 is 0 Å². The van der Waals surface area contributed by atoms with E-state index in [1.165, 1.54) is 7.11 Å². The lowest BCUT2D eigenvalue weighted by Crippen LogP contribution is -2.16. The van der Waals surface area contributed by atoms with Crippen LogP contribution in [-0.4, -0.2) is 16.4 Å². The highest BCUT2D eigenvalue weighted by Gasteiger charge is 2.20. The van der Waals surface area contributed by atoms with Crippen LogP contribution in [0.15, 0.2) is 0 Å². The molecule has 0 aliphatic carbocycles. The lowest BCUT2D eigenvalue weighted by Gasteiger charge is -2.09. The smallest absolute Gasteiger partial charge is 0.553 e. The Balaban J connectivity index is 3.17. The van der Waals surface area contributed by atoms with E-state index < -0.39 is 4.59 Å². The van der Waals surface area contributed by atoms with Crippen molar-refractivity contribution in [2.24, 2.45) is 0 Å². The lowest BCUT2D eigenvalue weighted by atomic mass is 10.5. The first kappa shape index (κ1) is 6.89. The van der Waals surface area contributed by atoms with Crippen LogP contribution in [0.1, 0.15) is 0 Å². The first-order chi connectivity index (χ1) is 2.56. The Labute approximate surface area is 51.2 Å². The third-order valence-corrected chi connectivity index (χ3v) is 0.878. The molecule has 0 radical (unpaired) electrons. The second-order valence-corrected chi connectivity index (χ2v) is 3.36. The van der Waals surface area contributed by atoms with Gasteiger partial charge in [-0.3, -0.25) is 0 Å². The molecule has 0 aromatic rings. The van der Waals surface area contributed by atoms with Crippen LogP contribution in [-0.2, 0) is 0 Å². The molecule has 0 fully saturated rings. The summed E-state index contributed by atoms with van der Waals surface area (Å²) < 4.78 is 1.44. The summed E-state index contributed by atoms with van der Waals surface area (Å²) in [4.78, 5) is 0. The summed E-state index contributed by atoms with van der Waals surface area (Å²) in [6, 6.07) is 0. The molecule has 38 valence electrons. The van der Waals surface area contributed by atoms with E-state index in [4.69, 9.17) is 34.4 Å². The summed E-state index contributed by atoms with van der Waals surface area (Å²) in [5.74, 6) is 0. The minimum Gasteiger partial charge on any atom is -0.645 e. The number of hydrogen-bond donors (Lipinski definition) is 0. The van der Waals surface area contributed by atoms with Gasteiger partial charge in [-0.05, 0) is 0 Å². The zero-order chi connectivity index (χ0) is 5.21. The van der Waals surface area contributed by atoms with Crippen LogP contribution in [0.25, 0.3) is 0 Å². The van der Waals surface area contributed by atoms with E-state index in [1.807, 2.05) is 0 Å². The second kappa shape index (κ2) is 2.27. The Bertz CT molecular complexity index is 40.5. The summed E-state index contributed by atoms with van der Waals surface area (Å²) in [6.45, 7) is 0. The van der Waals surface area contributed by atoms with E-state index >= 15 is 0 Å². The molecule has 0 aromatic carbocycles. The first-order valence-electron chi connectivity index (χ1n) is 1.36. The Morgan fingerprint density at radius 1 is 1.33 bits per heavy atom. The minimum atomic E-state index is -1.94. The highest BCUT2D eigenvalue weighted by atomic mass is 35.6. The van der Waals surface area contributed by atoms with E-state index in [0.717, 1.165) is 0 Å². The second-order valence-electron chi connectivity index (χ2n) is 0.798. The monoisotopic (exact) mass is 148 g/mol. The van der Waals surface area contributed by atoms with Gasteiger partial charge in [0.05, 0.1) is 7.11 Å². The van der Waals surface area contributed by atoms with Crippen molar-refractivity contribution >= 4 is 39.0 Å². The van der Waals surface area contributed by atoms with Crippen LogP contribution >= 0.6 is 34.4 Å². The maximum Gasteiger partial charge on any atom is 0.553 e. The fourth-order valence-electron chi connectivity index (χ4n) is 0. The Hall–Kier alpha value is 0.895. The van der Waals surface area contributed by atoms with Gasteiger partial charge in [0.1, 0.15) is 0 Å². The molecule has 0 heterocycles. The number of hydrogen-bond acceptors (Lipinski definition) is 0. The van der Waals surface area contributed by atoms with Crippen molar-refractivity contribution in [3.8, 4) is 0 Å². The highest BCUT2D eigenvalue weighted by Crippen LogP contribution is 2.16. The Kier molecular flexibility index (Phi) is 2.60. The average Bonchev–Trinajstić information content (AvgIpc) is 1.35. The van der Waals surface area contributed by atoms with Gasteiger partial charge in [0.15, 0.2) is 0 Å². The van der Waals surface area contributed by atoms with Crippen LogP contribution in [0, 0.1) is 0 Å². The molecule has 0 saturated heterocycles. The molecular weight excluding hydrogens is 145 g/mol. The Morgan fingerprint density at radius 3 is 1.50 bits per heavy atom. The molecule has 0 bridgehead atoms. The molecule has 0 rings (SSSR count). The summed E-state index contributed by atoms with van der Waals surface area (Å²) in [6.07, 6.45) is 0. The third kappa shape index (κ3) is 4.89. The van der Waals surface area contributed by atoms with E-state index in [0.29, 0.717) is 0 Å². The van der Waals surface area contributed by atoms with Crippen LogP contribution in [0.4, 0.5) is 0 Å². The highest BCUT2D eigenvalue weighted by molar-refractivity contribution is 7.61. The van der Waals surface area contributed by atoms with Gasteiger partial charge in [-0.1, -0.05) is 0 Å². The summed E-state index contributed by atoms with van der Waals surface area (Å²) >= 11 is 15.4. The van der Waals surface area contributed by atoms with Crippen LogP contribution in [0.5, 0.6) is 0 Å². The molecule has 0 unspecified atom stereocenters.